The van der Waals surface area contributed by atoms with Crippen LogP contribution in [0.4, 0.5) is 24.7 Å². The maximum absolute atomic E-state index is 14.0. The topological polar surface area (TPSA) is 105 Å². The van der Waals surface area contributed by atoms with Crippen LogP contribution in [0, 0.1) is 11.7 Å². The molecule has 1 unspecified atom stereocenters. The number of anilines is 2. The van der Waals surface area contributed by atoms with Crippen molar-refractivity contribution in [2.45, 2.75) is 38.2 Å². The van der Waals surface area contributed by atoms with Gasteiger partial charge in [0.05, 0.1) is 35.1 Å². The minimum Gasteiger partial charge on any atom is -0.390 e. The zero-order chi connectivity index (χ0) is 27.8. The number of hydrogen-bond donors (Lipinski definition) is 2. The van der Waals surface area contributed by atoms with Gasteiger partial charge in [-0.25, -0.2) is 26.3 Å². The lowest BCUT2D eigenvalue weighted by Crippen LogP contribution is -2.40. The molecule has 39 heavy (non-hydrogen) atoms. The van der Waals surface area contributed by atoms with Crippen LogP contribution >= 0.6 is 0 Å². The van der Waals surface area contributed by atoms with Crippen LogP contribution in [0.25, 0.3) is 16.8 Å². The predicted octanol–water partition coefficient (Wildman–Crippen LogP) is 4.17. The van der Waals surface area contributed by atoms with Crippen LogP contribution < -0.4 is 10.2 Å². The number of rotatable bonds is 6. The monoisotopic (exact) mass is 562 g/mol. The highest BCUT2D eigenvalue weighted by Crippen LogP contribution is 2.39. The highest BCUT2D eigenvalue weighted by Gasteiger charge is 2.39. The van der Waals surface area contributed by atoms with Crippen molar-refractivity contribution in [3.05, 3.63) is 60.0 Å². The number of aliphatic hydroxyl groups excluding tert-OH is 1. The van der Waals surface area contributed by atoms with Crippen LogP contribution in [-0.4, -0.2) is 59.7 Å². The molecule has 208 valence electrons. The molecule has 1 aliphatic heterocycles. The molecule has 1 aromatic heterocycles. The lowest BCUT2D eigenvalue weighted by Gasteiger charge is -2.29. The maximum atomic E-state index is 14.0. The van der Waals surface area contributed by atoms with Crippen molar-refractivity contribution in [3.63, 3.8) is 0 Å². The third-order valence-corrected chi connectivity index (χ3v) is 8.93. The first-order chi connectivity index (χ1) is 18.5. The Kier molecular flexibility index (Phi) is 7.43. The zero-order valence-corrected chi connectivity index (χ0v) is 21.9. The van der Waals surface area contributed by atoms with Crippen LogP contribution in [0.5, 0.6) is 0 Å². The minimum absolute atomic E-state index is 0.0737. The minimum atomic E-state index is -3.04. The van der Waals surface area contributed by atoms with Gasteiger partial charge in [-0.2, -0.15) is 0 Å². The SMILES string of the molecule is O=C(Nc1nn(-c2ccc(F)cc2)c(CO)c1-c1ccc(N2CCS(=O)(=O)CC2)cc1)C1CCCC(F)(F)C1. The number of amides is 1. The van der Waals surface area contributed by atoms with Gasteiger partial charge in [0.25, 0.3) is 0 Å². The van der Waals surface area contributed by atoms with Crippen molar-refractivity contribution >= 4 is 27.2 Å². The van der Waals surface area contributed by atoms with Crippen LogP contribution in [0.3, 0.4) is 0 Å². The molecule has 5 rings (SSSR count). The Hall–Kier alpha value is -3.38. The third kappa shape index (κ3) is 5.96. The first kappa shape index (κ1) is 27.2. The average molecular weight is 563 g/mol. The highest BCUT2D eigenvalue weighted by molar-refractivity contribution is 7.91. The summed E-state index contributed by atoms with van der Waals surface area (Å²) in [5, 5.41) is 17.5. The normalized spacial score (nSPS) is 20.5. The number of sulfone groups is 1. The Bertz CT molecular complexity index is 1440. The fraction of sp³-hybridized carbons (Fsp3) is 0.407. The van der Waals surface area contributed by atoms with Gasteiger partial charge in [-0.1, -0.05) is 12.1 Å². The van der Waals surface area contributed by atoms with Gasteiger partial charge in [0, 0.05) is 37.5 Å². The van der Waals surface area contributed by atoms with E-state index < -0.39 is 46.4 Å². The van der Waals surface area contributed by atoms with Crippen molar-refractivity contribution in [2.75, 3.05) is 34.8 Å². The van der Waals surface area contributed by atoms with Crippen LogP contribution in [0.2, 0.25) is 0 Å². The highest BCUT2D eigenvalue weighted by atomic mass is 32.2. The van der Waals surface area contributed by atoms with E-state index in [0.29, 0.717) is 42.0 Å². The van der Waals surface area contributed by atoms with Crippen LogP contribution in [-0.2, 0) is 21.2 Å². The summed E-state index contributed by atoms with van der Waals surface area (Å²) < 4.78 is 66.6. The van der Waals surface area contributed by atoms with Gasteiger partial charge in [-0.15, -0.1) is 5.10 Å². The van der Waals surface area contributed by atoms with Crippen LogP contribution in [0.1, 0.15) is 31.4 Å². The number of aliphatic hydroxyl groups is 1. The summed E-state index contributed by atoms with van der Waals surface area (Å²) in [5.74, 6) is -4.57. The van der Waals surface area contributed by atoms with E-state index in [9.17, 15) is 31.5 Å². The Morgan fingerprint density at radius 1 is 1.05 bits per heavy atom. The van der Waals surface area contributed by atoms with E-state index in [0.717, 1.165) is 5.69 Å². The summed E-state index contributed by atoms with van der Waals surface area (Å²) in [6, 6.07) is 12.6. The average Bonchev–Trinajstić information content (AvgIpc) is 3.26. The Morgan fingerprint density at radius 3 is 2.31 bits per heavy atom. The first-order valence-corrected chi connectivity index (χ1v) is 14.6. The zero-order valence-electron chi connectivity index (χ0n) is 21.1. The molecule has 2 fully saturated rings. The van der Waals surface area contributed by atoms with Crippen molar-refractivity contribution < 1.29 is 31.5 Å². The van der Waals surface area contributed by atoms with E-state index in [4.69, 9.17) is 0 Å². The fourth-order valence-corrected chi connectivity index (χ4v) is 6.41. The van der Waals surface area contributed by atoms with Gasteiger partial charge in [-0.05, 0) is 54.8 Å². The third-order valence-electron chi connectivity index (χ3n) is 7.32. The van der Waals surface area contributed by atoms with E-state index in [-0.39, 0.29) is 30.2 Å². The number of hydrogen-bond acceptors (Lipinski definition) is 6. The van der Waals surface area contributed by atoms with Gasteiger partial charge in [-0.3, -0.25) is 4.79 Å². The van der Waals surface area contributed by atoms with Crippen molar-refractivity contribution in [1.29, 1.82) is 0 Å². The molecule has 8 nitrogen and oxygen atoms in total. The second-order valence-electron chi connectivity index (χ2n) is 10.0. The lowest BCUT2D eigenvalue weighted by molar-refractivity contribution is -0.127. The molecule has 3 aromatic rings. The molecule has 1 saturated carbocycles. The number of carbonyl (C=O) groups is 1. The number of halogens is 3. The summed E-state index contributed by atoms with van der Waals surface area (Å²) in [7, 11) is -3.04. The molecule has 0 radical (unpaired) electrons. The lowest BCUT2D eigenvalue weighted by atomic mass is 9.86. The van der Waals surface area contributed by atoms with Gasteiger partial charge in [0.15, 0.2) is 15.7 Å². The molecule has 1 amide bonds. The maximum Gasteiger partial charge on any atom is 0.248 e. The molecule has 1 atom stereocenters. The Labute approximate surface area is 224 Å². The van der Waals surface area contributed by atoms with Crippen molar-refractivity contribution in [1.82, 2.24) is 9.78 Å². The summed E-state index contributed by atoms with van der Waals surface area (Å²) in [6.45, 7) is 0.279. The molecule has 0 spiro atoms. The fourth-order valence-electron chi connectivity index (χ4n) is 5.21. The van der Waals surface area contributed by atoms with Gasteiger partial charge in [0.1, 0.15) is 5.82 Å². The molecule has 1 saturated heterocycles. The molecule has 1 aliphatic carbocycles. The van der Waals surface area contributed by atoms with E-state index in [2.05, 4.69) is 10.4 Å². The van der Waals surface area contributed by atoms with E-state index in [1.807, 2.05) is 17.0 Å². The molecular formula is C27H29F3N4O4S. The molecule has 2 N–H and O–H groups in total. The molecular weight excluding hydrogens is 533 g/mol. The summed E-state index contributed by atoms with van der Waals surface area (Å²) >= 11 is 0. The van der Waals surface area contributed by atoms with E-state index >= 15 is 0 Å². The molecule has 2 aliphatic rings. The predicted molar refractivity (Wildman–Crippen MR) is 141 cm³/mol. The molecule has 12 heteroatoms. The Morgan fingerprint density at radius 2 is 1.69 bits per heavy atom. The largest absolute Gasteiger partial charge is 0.390 e. The summed E-state index contributed by atoms with van der Waals surface area (Å²) in [4.78, 5) is 15.0. The summed E-state index contributed by atoms with van der Waals surface area (Å²) in [5.41, 5.74) is 2.59. The molecule has 2 heterocycles. The number of alkyl halides is 2. The Balaban J connectivity index is 1.50. The van der Waals surface area contributed by atoms with E-state index in [1.54, 1.807) is 12.1 Å². The standard InChI is InChI=1S/C27H29F3N4O4S/c28-20-5-9-22(10-6-20)34-23(17-35)24(25(32-34)31-26(36)19-2-1-11-27(29,30)16-19)18-3-7-21(8-4-18)33-12-14-39(37,38)15-13-33/h3-10,19,35H,1-2,11-17H2,(H,31,32,36). The number of benzene rings is 2. The smallest absolute Gasteiger partial charge is 0.248 e. The van der Waals surface area contributed by atoms with Gasteiger partial charge < -0.3 is 15.3 Å². The van der Waals surface area contributed by atoms with Crippen molar-refractivity contribution in [3.8, 4) is 16.8 Å². The number of nitrogens with one attached hydrogen (secondary N) is 1. The second-order valence-corrected chi connectivity index (χ2v) is 12.3. The summed E-state index contributed by atoms with van der Waals surface area (Å²) in [6.07, 6.45) is -0.212. The van der Waals surface area contributed by atoms with Gasteiger partial charge >= 0.3 is 0 Å². The van der Waals surface area contributed by atoms with Crippen molar-refractivity contribution in [2.24, 2.45) is 5.92 Å². The first-order valence-electron chi connectivity index (χ1n) is 12.8. The molecule has 0 bridgehead atoms. The number of aromatic nitrogens is 2. The van der Waals surface area contributed by atoms with Gasteiger partial charge in [0.2, 0.25) is 11.8 Å². The number of carbonyl (C=O) groups excluding carboxylic acids is 1. The number of nitrogens with zero attached hydrogens (tertiary/aromatic N) is 3. The quantitative estimate of drug-likeness (QED) is 0.468. The molecule has 2 aromatic carbocycles. The van der Waals surface area contributed by atoms with Crippen LogP contribution in [0.15, 0.2) is 48.5 Å². The second kappa shape index (κ2) is 10.6. The van der Waals surface area contributed by atoms with E-state index in [1.165, 1.54) is 28.9 Å².